The van der Waals surface area contributed by atoms with Crippen LogP contribution in [0.15, 0.2) is 5.16 Å². The Morgan fingerprint density at radius 1 is 1.19 bits per heavy atom. The average Bonchev–Trinajstić information content (AvgIpc) is 2.95. The molecule has 120 valence electrons. The minimum atomic E-state index is -3.22. The molecule has 0 aromatic heterocycles. The molecular formula is C12H22N4O4S. The van der Waals surface area contributed by atoms with Crippen LogP contribution in [0.5, 0.6) is 0 Å². The topological polar surface area (TPSA) is 116 Å². The number of nitrogens with zero attached hydrogens (tertiary/aromatic N) is 3. The minimum Gasteiger partial charge on any atom is -0.409 e. The van der Waals surface area contributed by atoms with Gasteiger partial charge in [-0.3, -0.25) is 4.79 Å². The molecule has 2 aliphatic rings. The Morgan fingerprint density at radius 3 is 2.14 bits per heavy atom. The van der Waals surface area contributed by atoms with Crippen LogP contribution in [-0.2, 0) is 14.8 Å². The summed E-state index contributed by atoms with van der Waals surface area (Å²) < 4.78 is 24.3. The molecule has 0 radical (unpaired) electrons. The molecule has 1 amide bonds. The normalized spacial score (nSPS) is 24.2. The first-order chi connectivity index (χ1) is 9.81. The predicted molar refractivity (Wildman–Crippen MR) is 77.3 cm³/mol. The third kappa shape index (κ3) is 2.98. The molecule has 0 atom stereocenters. The molecule has 2 fully saturated rings. The number of piperazine rings is 1. The SMILES string of the molecule is CS(=O)(=O)N1CCN(C(=O)C2(C(N)=NO)CCCC2)CC1. The summed E-state index contributed by atoms with van der Waals surface area (Å²) in [5.41, 5.74) is 4.85. The largest absolute Gasteiger partial charge is 0.409 e. The summed E-state index contributed by atoms with van der Waals surface area (Å²) in [6.07, 6.45) is 4.05. The van der Waals surface area contributed by atoms with E-state index in [4.69, 9.17) is 10.9 Å². The third-order valence-electron chi connectivity index (χ3n) is 4.46. The van der Waals surface area contributed by atoms with Crippen LogP contribution in [0.3, 0.4) is 0 Å². The molecule has 2 rings (SSSR count). The lowest BCUT2D eigenvalue weighted by Gasteiger charge is -2.38. The lowest BCUT2D eigenvalue weighted by molar-refractivity contribution is -0.139. The molecule has 1 aliphatic heterocycles. The van der Waals surface area contributed by atoms with Gasteiger partial charge < -0.3 is 15.8 Å². The number of hydrogen-bond acceptors (Lipinski definition) is 5. The van der Waals surface area contributed by atoms with Gasteiger partial charge in [0.2, 0.25) is 15.9 Å². The molecular weight excluding hydrogens is 296 g/mol. The van der Waals surface area contributed by atoms with Gasteiger partial charge in [0.1, 0.15) is 5.41 Å². The first kappa shape index (κ1) is 16.0. The molecule has 9 heteroatoms. The van der Waals surface area contributed by atoms with Gasteiger partial charge in [0, 0.05) is 26.2 Å². The van der Waals surface area contributed by atoms with Crippen molar-refractivity contribution < 1.29 is 18.4 Å². The van der Waals surface area contributed by atoms with E-state index in [2.05, 4.69) is 5.16 Å². The molecule has 0 aromatic rings. The summed E-state index contributed by atoms with van der Waals surface area (Å²) in [6, 6.07) is 0. The van der Waals surface area contributed by atoms with Gasteiger partial charge in [0.15, 0.2) is 5.84 Å². The zero-order chi connectivity index (χ0) is 15.7. The van der Waals surface area contributed by atoms with Gasteiger partial charge in [-0.15, -0.1) is 0 Å². The highest BCUT2D eigenvalue weighted by Crippen LogP contribution is 2.40. The van der Waals surface area contributed by atoms with Crippen LogP contribution in [0.1, 0.15) is 25.7 Å². The second-order valence-corrected chi connectivity index (χ2v) is 7.71. The maximum atomic E-state index is 12.8. The van der Waals surface area contributed by atoms with Gasteiger partial charge in [-0.25, -0.2) is 8.42 Å². The van der Waals surface area contributed by atoms with E-state index in [9.17, 15) is 13.2 Å². The average molecular weight is 318 g/mol. The fourth-order valence-corrected chi connectivity index (χ4v) is 4.01. The second kappa shape index (κ2) is 5.80. The summed E-state index contributed by atoms with van der Waals surface area (Å²) in [4.78, 5) is 14.4. The summed E-state index contributed by atoms with van der Waals surface area (Å²) in [6.45, 7) is 1.26. The molecule has 21 heavy (non-hydrogen) atoms. The molecule has 1 saturated heterocycles. The van der Waals surface area contributed by atoms with Gasteiger partial charge in [-0.2, -0.15) is 4.31 Å². The Kier molecular flexibility index (Phi) is 4.43. The van der Waals surface area contributed by atoms with E-state index in [1.165, 1.54) is 10.6 Å². The predicted octanol–water partition coefficient (Wildman–Crippen LogP) is -0.603. The van der Waals surface area contributed by atoms with Gasteiger partial charge in [0.25, 0.3) is 0 Å². The van der Waals surface area contributed by atoms with Crippen molar-refractivity contribution in [2.45, 2.75) is 25.7 Å². The zero-order valence-corrected chi connectivity index (χ0v) is 13.0. The standard InChI is InChI=1S/C12H22N4O4S/c1-21(19,20)16-8-6-15(7-9-16)11(17)12(10(13)14-18)4-2-3-5-12/h18H,2-9H2,1H3,(H2,13,14). The van der Waals surface area contributed by atoms with Gasteiger partial charge in [-0.05, 0) is 12.8 Å². The fraction of sp³-hybridized carbons (Fsp3) is 0.833. The molecule has 1 heterocycles. The number of amides is 1. The Hall–Kier alpha value is -1.35. The molecule has 0 aromatic carbocycles. The zero-order valence-electron chi connectivity index (χ0n) is 12.2. The van der Waals surface area contributed by atoms with Crippen LogP contribution in [0, 0.1) is 5.41 Å². The van der Waals surface area contributed by atoms with Crippen molar-refractivity contribution in [3.8, 4) is 0 Å². The fourth-order valence-electron chi connectivity index (χ4n) is 3.18. The monoisotopic (exact) mass is 318 g/mol. The third-order valence-corrected chi connectivity index (χ3v) is 5.76. The smallest absolute Gasteiger partial charge is 0.236 e. The van der Waals surface area contributed by atoms with E-state index in [0.29, 0.717) is 25.9 Å². The van der Waals surface area contributed by atoms with Crippen molar-refractivity contribution in [3.63, 3.8) is 0 Å². The van der Waals surface area contributed by atoms with Crippen LogP contribution in [0.2, 0.25) is 0 Å². The Morgan fingerprint density at radius 2 is 1.71 bits per heavy atom. The number of amidine groups is 1. The first-order valence-electron chi connectivity index (χ1n) is 7.04. The number of rotatable bonds is 3. The van der Waals surface area contributed by atoms with Crippen molar-refractivity contribution in [1.82, 2.24) is 9.21 Å². The van der Waals surface area contributed by atoms with E-state index in [1.54, 1.807) is 4.90 Å². The van der Waals surface area contributed by atoms with Crippen molar-refractivity contribution in [1.29, 1.82) is 0 Å². The van der Waals surface area contributed by atoms with Crippen molar-refractivity contribution >= 4 is 21.8 Å². The van der Waals surface area contributed by atoms with Crippen LogP contribution in [0.25, 0.3) is 0 Å². The molecule has 1 aliphatic carbocycles. The summed E-state index contributed by atoms with van der Waals surface area (Å²) in [5.74, 6) is -0.181. The molecule has 0 unspecified atom stereocenters. The first-order valence-corrected chi connectivity index (χ1v) is 8.88. The van der Waals surface area contributed by atoms with Crippen molar-refractivity contribution in [2.75, 3.05) is 32.4 Å². The quantitative estimate of drug-likeness (QED) is 0.312. The van der Waals surface area contributed by atoms with Crippen LogP contribution in [-0.4, -0.2) is 67.0 Å². The lowest BCUT2D eigenvalue weighted by Crippen LogP contribution is -2.56. The Bertz CT molecular complexity index is 531. The van der Waals surface area contributed by atoms with E-state index < -0.39 is 15.4 Å². The van der Waals surface area contributed by atoms with E-state index in [0.717, 1.165) is 12.8 Å². The van der Waals surface area contributed by atoms with Crippen LogP contribution >= 0.6 is 0 Å². The van der Waals surface area contributed by atoms with Crippen LogP contribution < -0.4 is 5.73 Å². The van der Waals surface area contributed by atoms with Gasteiger partial charge in [-0.1, -0.05) is 18.0 Å². The van der Waals surface area contributed by atoms with Crippen molar-refractivity contribution in [2.24, 2.45) is 16.3 Å². The number of carbonyl (C=O) groups excluding carboxylic acids is 1. The maximum absolute atomic E-state index is 12.8. The van der Waals surface area contributed by atoms with Gasteiger partial charge in [0.05, 0.1) is 6.26 Å². The highest BCUT2D eigenvalue weighted by molar-refractivity contribution is 7.88. The molecule has 0 spiro atoms. The number of sulfonamides is 1. The minimum absolute atomic E-state index is 0.0319. The molecule has 0 bridgehead atoms. The molecule has 1 saturated carbocycles. The van der Waals surface area contributed by atoms with E-state index >= 15 is 0 Å². The number of carbonyl (C=O) groups is 1. The number of oxime groups is 1. The molecule has 8 nitrogen and oxygen atoms in total. The highest BCUT2D eigenvalue weighted by atomic mass is 32.2. The highest BCUT2D eigenvalue weighted by Gasteiger charge is 2.48. The second-order valence-electron chi connectivity index (χ2n) is 5.73. The number of nitrogens with two attached hydrogens (primary N) is 1. The van der Waals surface area contributed by atoms with Crippen molar-refractivity contribution in [3.05, 3.63) is 0 Å². The Labute approximate surface area is 124 Å². The lowest BCUT2D eigenvalue weighted by atomic mass is 9.83. The van der Waals surface area contributed by atoms with E-state index in [1.807, 2.05) is 0 Å². The maximum Gasteiger partial charge on any atom is 0.236 e. The summed E-state index contributed by atoms with van der Waals surface area (Å²) >= 11 is 0. The van der Waals surface area contributed by atoms with Gasteiger partial charge >= 0.3 is 0 Å². The summed E-state index contributed by atoms with van der Waals surface area (Å²) in [5, 5.41) is 12.0. The summed E-state index contributed by atoms with van der Waals surface area (Å²) in [7, 11) is -3.22. The van der Waals surface area contributed by atoms with Crippen LogP contribution in [0.4, 0.5) is 0 Å². The molecule has 3 N–H and O–H groups in total. The van der Waals surface area contributed by atoms with E-state index in [-0.39, 0.29) is 24.8 Å². The number of hydrogen-bond donors (Lipinski definition) is 2. The Balaban J connectivity index is 2.11.